The van der Waals surface area contributed by atoms with Crippen LogP contribution in [0, 0.1) is 34.9 Å². The van der Waals surface area contributed by atoms with E-state index in [9.17, 15) is 40.7 Å². The first kappa shape index (κ1) is 81.9. The standard InChI is InChI=1S/C81H84F6N21O10P/c82-64-13-1-16-67(76(64)85)100-73(109)43-106-40-52(37-94-106)97-79-61-22-19-58(34-70(61)88-49-91-79)113-31-7-28-103-25-4-10-55(103)46-116-119(112,117-47-56-11-5-26-104(56)29-8-32-114-59-20-23-62-71(35-59)89-50-92-80(62)98-53-38-95-107(41-53)44-74(110)101-68-17-2-14-65(83)77(68)86)118-48-57-12-6-27-105(57)30-9-33-115-60-21-24-63-72(36-60)90-51-93-81(63)99-54-39-96-108(42-54)45-75(111)102-69-18-3-15-66(84)78(69)87/h1-3,13-24,34-42,49-51,55-57H,4-12,25-33,43-48H2,(H,100,109)(H,101,110)(H,102,111)(H,88,91,97)(H,89,92,98)(H,90,93,99)/t55-,56-,57-/m1/s1. The summed E-state index contributed by atoms with van der Waals surface area (Å²) in [6, 6.07) is 27.0. The second-order valence-corrected chi connectivity index (χ2v) is 30.4. The van der Waals surface area contributed by atoms with Gasteiger partial charge in [-0.2, -0.15) is 15.3 Å². The number of halogens is 6. The minimum atomic E-state index is -4.17. The monoisotopic (exact) mass is 1660 g/mol. The Balaban J connectivity index is 0.534. The van der Waals surface area contributed by atoms with Crippen LogP contribution in [0.1, 0.15) is 57.8 Å². The number of likely N-dealkylation sites (tertiary alicyclic amines) is 3. The molecule has 3 amide bonds. The Bertz CT molecular complexity index is 5100. The molecule has 0 unspecified atom stereocenters. The number of carbonyl (C=O) groups is 3. The van der Waals surface area contributed by atoms with Gasteiger partial charge in [0, 0.05) is 90.7 Å². The molecule has 3 aliphatic heterocycles. The summed E-state index contributed by atoms with van der Waals surface area (Å²) in [6.07, 6.45) is 20.8. The van der Waals surface area contributed by atoms with Gasteiger partial charge >= 0.3 is 7.82 Å². The number of nitrogens with zero attached hydrogens (tertiary/aromatic N) is 15. The Morgan fingerprint density at radius 3 is 1.03 bits per heavy atom. The van der Waals surface area contributed by atoms with Gasteiger partial charge in [-0.25, -0.2) is 60.8 Å². The number of hydrogen-bond donors (Lipinski definition) is 6. The van der Waals surface area contributed by atoms with Crippen LogP contribution in [0.15, 0.2) is 165 Å². The van der Waals surface area contributed by atoms with Crippen LogP contribution in [0.25, 0.3) is 32.7 Å². The first-order valence-corrected chi connectivity index (χ1v) is 40.4. The number of rotatable bonds is 39. The van der Waals surface area contributed by atoms with Gasteiger partial charge in [0.1, 0.15) is 73.3 Å². The van der Waals surface area contributed by atoms with E-state index in [2.05, 4.69) is 91.8 Å². The van der Waals surface area contributed by atoms with E-state index >= 15 is 4.57 Å². The predicted molar refractivity (Wildman–Crippen MR) is 430 cm³/mol. The van der Waals surface area contributed by atoms with Crippen molar-refractivity contribution in [2.75, 3.05) is 111 Å². The lowest BCUT2D eigenvalue weighted by atomic mass is 10.2. The molecule has 0 radical (unpaired) electrons. The van der Waals surface area contributed by atoms with Crippen molar-refractivity contribution in [3.8, 4) is 17.2 Å². The summed E-state index contributed by atoms with van der Waals surface area (Å²) in [5, 5.41) is 31.6. The van der Waals surface area contributed by atoms with Crippen LogP contribution in [-0.2, 0) is 52.2 Å². The van der Waals surface area contributed by atoms with Crippen LogP contribution in [0.2, 0.25) is 0 Å². The van der Waals surface area contributed by atoms with E-state index < -0.39 is 60.4 Å². The summed E-state index contributed by atoms with van der Waals surface area (Å²) < 4.78 is 141. The molecular weight excluding hydrogens is 1570 g/mol. The lowest BCUT2D eigenvalue weighted by Gasteiger charge is -2.30. The first-order valence-electron chi connectivity index (χ1n) is 38.9. The quantitative estimate of drug-likeness (QED) is 0.0118. The lowest BCUT2D eigenvalue weighted by Crippen LogP contribution is -2.36. The van der Waals surface area contributed by atoms with Crippen molar-refractivity contribution in [2.24, 2.45) is 0 Å². The minimum Gasteiger partial charge on any atom is -0.493 e. The molecule has 0 aliphatic carbocycles. The van der Waals surface area contributed by atoms with Crippen molar-refractivity contribution in [1.29, 1.82) is 0 Å². The number of phosphoric ester groups is 1. The van der Waals surface area contributed by atoms with E-state index in [0.29, 0.717) is 143 Å². The van der Waals surface area contributed by atoms with Crippen molar-refractivity contribution in [3.63, 3.8) is 0 Å². The number of benzene rings is 6. The summed E-state index contributed by atoms with van der Waals surface area (Å²) >= 11 is 0. The molecule has 15 rings (SSSR count). The van der Waals surface area contributed by atoms with E-state index in [1.165, 1.54) is 88.0 Å². The zero-order valence-corrected chi connectivity index (χ0v) is 65.2. The van der Waals surface area contributed by atoms with Gasteiger partial charge in [0.2, 0.25) is 17.7 Å². The summed E-state index contributed by atoms with van der Waals surface area (Å²) in [4.78, 5) is 71.7. The van der Waals surface area contributed by atoms with Gasteiger partial charge in [0.05, 0.1) is 109 Å². The summed E-state index contributed by atoms with van der Waals surface area (Å²) in [7, 11) is -4.17. The summed E-state index contributed by atoms with van der Waals surface area (Å²) in [6.45, 7) is 5.30. The van der Waals surface area contributed by atoms with E-state index in [0.717, 1.165) is 76.4 Å². The molecule has 0 saturated carbocycles. The van der Waals surface area contributed by atoms with E-state index in [4.69, 9.17) is 27.8 Å². The number of ether oxygens (including phenoxy) is 3. The zero-order valence-electron chi connectivity index (χ0n) is 64.3. The minimum absolute atomic E-state index is 0.0620. The number of nitrogens with one attached hydrogen (secondary N) is 6. The maximum absolute atomic E-state index is 15.3. The van der Waals surface area contributed by atoms with Crippen molar-refractivity contribution >= 4 is 110 Å². The van der Waals surface area contributed by atoms with Crippen LogP contribution in [0.5, 0.6) is 17.2 Å². The fraction of sp³-hybridized carbons (Fsp3) is 0.333. The Morgan fingerprint density at radius 2 is 0.723 bits per heavy atom. The third kappa shape index (κ3) is 21.4. The Labute approximate surface area is 677 Å². The molecule has 3 atom stereocenters. The van der Waals surface area contributed by atoms with Gasteiger partial charge in [0.15, 0.2) is 34.9 Å². The SMILES string of the molecule is O=C(Cn1cc(Nc2ncnc3cc(OCCCN4CCC[C@@H]4COP(=O)(OC[C@H]4CCCN4CCCOc4ccc5c(Nc6cnn(CC(=O)Nc7cccc(F)c7F)c6)ncnc5c4)OC[C@H]4CCCN4CCCOc4ccc5c(Nc6cnn(CC(=O)Nc7cccc(F)c7F)c6)ncnc5c4)ccc23)cn1)Nc1cccc(F)c1F. The smallest absolute Gasteiger partial charge is 0.474 e. The van der Waals surface area contributed by atoms with Crippen LogP contribution in [0.3, 0.4) is 0 Å². The van der Waals surface area contributed by atoms with E-state index in [1.54, 1.807) is 18.6 Å². The molecule has 31 nitrogen and oxygen atoms in total. The van der Waals surface area contributed by atoms with Gasteiger partial charge in [-0.15, -0.1) is 0 Å². The average Bonchev–Trinajstić information content (AvgIpc) is 0.957. The second kappa shape index (κ2) is 38.4. The normalized spacial score (nSPS) is 15.9. The lowest BCUT2D eigenvalue weighted by molar-refractivity contribution is -0.117. The average molecular weight is 1660 g/mol. The molecule has 0 bridgehead atoms. The largest absolute Gasteiger partial charge is 0.493 e. The zero-order chi connectivity index (χ0) is 82.2. The number of fused-ring (bicyclic) bond motifs is 3. The second-order valence-electron chi connectivity index (χ2n) is 28.7. The third-order valence-electron chi connectivity index (χ3n) is 20.5. The molecular formula is C81H84F6N21O10P. The van der Waals surface area contributed by atoms with Gasteiger partial charge in [-0.05, 0) is 150 Å². The molecule has 6 N–H and O–H groups in total. The number of anilines is 9. The summed E-state index contributed by atoms with van der Waals surface area (Å²) in [5.74, 6) is -5.19. The number of carbonyl (C=O) groups excluding carboxylic acids is 3. The van der Waals surface area contributed by atoms with Crippen LogP contribution in [-0.4, -0.2) is 189 Å². The van der Waals surface area contributed by atoms with Crippen molar-refractivity contribution in [2.45, 2.75) is 95.5 Å². The Hall–Kier alpha value is -12.3. The molecule has 3 aliphatic rings. The molecule has 9 heterocycles. The number of aromatic nitrogens is 12. The fourth-order valence-electron chi connectivity index (χ4n) is 14.6. The molecule has 6 aromatic heterocycles. The topological polar surface area (TPSA) is 336 Å². The highest BCUT2D eigenvalue weighted by Gasteiger charge is 2.37. The highest BCUT2D eigenvalue weighted by molar-refractivity contribution is 7.48. The van der Waals surface area contributed by atoms with E-state index in [-0.39, 0.29) is 74.6 Å². The van der Waals surface area contributed by atoms with Gasteiger partial charge in [0.25, 0.3) is 0 Å². The Kier molecular flexibility index (Phi) is 26.4. The highest BCUT2D eigenvalue weighted by Crippen LogP contribution is 2.51. The van der Waals surface area contributed by atoms with Gasteiger partial charge in [-0.1, -0.05) is 18.2 Å². The maximum atomic E-state index is 15.3. The molecule has 12 aromatic rings. The molecule has 38 heteroatoms. The number of hydrogen-bond acceptors (Lipinski definition) is 25. The van der Waals surface area contributed by atoms with Crippen LogP contribution < -0.4 is 46.1 Å². The van der Waals surface area contributed by atoms with Crippen LogP contribution >= 0.6 is 7.82 Å². The van der Waals surface area contributed by atoms with E-state index in [1.807, 2.05) is 54.6 Å². The number of phosphoric acid groups is 1. The molecule has 620 valence electrons. The molecule has 6 aromatic carbocycles. The highest BCUT2D eigenvalue weighted by atomic mass is 31.2. The molecule has 3 saturated heterocycles. The first-order chi connectivity index (χ1) is 57.9. The van der Waals surface area contributed by atoms with Crippen molar-refractivity contribution < 1.29 is 73.1 Å². The summed E-state index contributed by atoms with van der Waals surface area (Å²) in [5.41, 5.74) is 2.61. The molecule has 119 heavy (non-hydrogen) atoms. The molecule has 3 fully saturated rings. The van der Waals surface area contributed by atoms with Crippen molar-refractivity contribution in [3.05, 3.63) is 200 Å². The third-order valence-corrected chi connectivity index (χ3v) is 21.8. The number of amides is 3. The van der Waals surface area contributed by atoms with Crippen LogP contribution in [0.4, 0.5) is 77.9 Å². The predicted octanol–water partition coefficient (Wildman–Crippen LogP) is 13.3. The van der Waals surface area contributed by atoms with Crippen molar-refractivity contribution in [1.82, 2.24) is 73.9 Å². The molecule has 0 spiro atoms. The Morgan fingerprint density at radius 1 is 0.412 bits per heavy atom. The van der Waals surface area contributed by atoms with Gasteiger partial charge < -0.3 is 46.1 Å². The van der Waals surface area contributed by atoms with Gasteiger partial charge in [-0.3, -0.25) is 56.7 Å². The maximum Gasteiger partial charge on any atom is 0.474 e. The fourth-order valence-corrected chi connectivity index (χ4v) is 15.9.